The summed E-state index contributed by atoms with van der Waals surface area (Å²) in [6.45, 7) is 10.8. The van der Waals surface area contributed by atoms with Crippen LogP contribution in [0.3, 0.4) is 0 Å². The first-order valence-electron chi connectivity index (χ1n) is 10.6. The second-order valence-corrected chi connectivity index (χ2v) is 14.0. The molecule has 2 aromatic carbocycles. The number of hydrogen-bond acceptors (Lipinski definition) is 4. The molecule has 1 aliphatic rings. The van der Waals surface area contributed by atoms with Crippen molar-refractivity contribution in [1.29, 1.82) is 0 Å². The zero-order chi connectivity index (χ0) is 22.0. The molecule has 2 atom stereocenters. The Balaban J connectivity index is 1.97. The predicted molar refractivity (Wildman–Crippen MR) is 123 cm³/mol. The lowest BCUT2D eigenvalue weighted by atomic mass is 9.82. The van der Waals surface area contributed by atoms with Gasteiger partial charge in [0.05, 0.1) is 18.1 Å². The molecule has 4 nitrogen and oxygen atoms in total. The van der Waals surface area contributed by atoms with Crippen LogP contribution >= 0.6 is 0 Å². The Morgan fingerprint density at radius 2 is 1.50 bits per heavy atom. The Kier molecular flexibility index (Phi) is 6.68. The molecule has 162 valence electrons. The van der Waals surface area contributed by atoms with Gasteiger partial charge in [-0.25, -0.2) is 0 Å². The summed E-state index contributed by atoms with van der Waals surface area (Å²) < 4.78 is 18.6. The minimum Gasteiger partial charge on any atom is -0.405 e. The van der Waals surface area contributed by atoms with Gasteiger partial charge in [0.15, 0.2) is 6.29 Å². The molecule has 3 rings (SSSR count). The highest BCUT2D eigenvalue weighted by molar-refractivity contribution is 6.99. The third-order valence-corrected chi connectivity index (χ3v) is 11.2. The number of methoxy groups -OCH3 is 1. The van der Waals surface area contributed by atoms with Gasteiger partial charge in [-0.15, -0.1) is 0 Å². The maximum Gasteiger partial charge on any atom is 0.261 e. The summed E-state index contributed by atoms with van der Waals surface area (Å²) in [7, 11) is -1.07. The maximum absolute atomic E-state index is 12.8. The zero-order valence-electron chi connectivity index (χ0n) is 19.0. The minimum atomic E-state index is -2.66. The van der Waals surface area contributed by atoms with Crippen LogP contribution in [0, 0.1) is 5.41 Å². The molecule has 5 heteroatoms. The molecule has 1 saturated heterocycles. The molecule has 1 heterocycles. The second kappa shape index (κ2) is 8.75. The topological polar surface area (TPSA) is 44.8 Å². The van der Waals surface area contributed by atoms with Crippen LogP contribution in [-0.4, -0.2) is 40.2 Å². The van der Waals surface area contributed by atoms with Crippen LogP contribution in [0.2, 0.25) is 5.04 Å². The van der Waals surface area contributed by atoms with Crippen molar-refractivity contribution in [2.45, 2.75) is 58.5 Å². The summed E-state index contributed by atoms with van der Waals surface area (Å²) in [6.07, 6.45) is -0.547. The lowest BCUT2D eigenvalue weighted by molar-refractivity contribution is -0.231. The van der Waals surface area contributed by atoms with E-state index in [9.17, 15) is 4.79 Å². The highest BCUT2D eigenvalue weighted by atomic mass is 28.4. The van der Waals surface area contributed by atoms with E-state index in [1.807, 2.05) is 26.0 Å². The van der Waals surface area contributed by atoms with Crippen LogP contribution in [0.5, 0.6) is 0 Å². The van der Waals surface area contributed by atoms with Crippen molar-refractivity contribution in [2.75, 3.05) is 13.7 Å². The van der Waals surface area contributed by atoms with Crippen LogP contribution in [0.1, 0.15) is 41.0 Å². The Morgan fingerprint density at radius 3 is 1.93 bits per heavy atom. The predicted octanol–water partition coefficient (Wildman–Crippen LogP) is 3.92. The first-order valence-corrected chi connectivity index (χ1v) is 12.5. The molecule has 30 heavy (non-hydrogen) atoms. The molecule has 0 amide bonds. The van der Waals surface area contributed by atoms with E-state index < -0.39 is 20.0 Å². The average Bonchev–Trinajstić information content (AvgIpc) is 2.71. The van der Waals surface area contributed by atoms with Gasteiger partial charge in [0, 0.05) is 13.5 Å². The number of carbonyl (C=O) groups excluding carboxylic acids is 1. The Bertz CT molecular complexity index is 803. The molecule has 0 aromatic heterocycles. The highest BCUT2D eigenvalue weighted by Gasteiger charge is 2.51. The van der Waals surface area contributed by atoms with Crippen LogP contribution < -0.4 is 10.4 Å². The van der Waals surface area contributed by atoms with Gasteiger partial charge in [-0.2, -0.15) is 0 Å². The van der Waals surface area contributed by atoms with E-state index in [0.717, 1.165) is 0 Å². The quantitative estimate of drug-likeness (QED) is 0.657. The number of rotatable bonds is 6. The van der Waals surface area contributed by atoms with E-state index in [4.69, 9.17) is 13.9 Å². The summed E-state index contributed by atoms with van der Waals surface area (Å²) in [4.78, 5) is 12.8. The molecule has 0 unspecified atom stereocenters. The number of ether oxygens (including phenoxy) is 2. The van der Waals surface area contributed by atoms with E-state index in [1.165, 1.54) is 10.4 Å². The Morgan fingerprint density at radius 1 is 1.00 bits per heavy atom. The molecular formula is C25H34O4Si. The molecule has 0 radical (unpaired) electrons. The first kappa shape index (κ1) is 22.9. The van der Waals surface area contributed by atoms with Crippen molar-refractivity contribution in [1.82, 2.24) is 0 Å². The van der Waals surface area contributed by atoms with Gasteiger partial charge >= 0.3 is 0 Å². The van der Waals surface area contributed by atoms with Crippen molar-refractivity contribution in [3.05, 3.63) is 60.7 Å². The van der Waals surface area contributed by atoms with Crippen molar-refractivity contribution in [3.8, 4) is 0 Å². The minimum absolute atomic E-state index is 0.117. The molecule has 0 N–H and O–H groups in total. The average molecular weight is 427 g/mol. The highest BCUT2D eigenvalue weighted by Crippen LogP contribution is 2.38. The summed E-state index contributed by atoms with van der Waals surface area (Å²) in [5.74, 6) is 0.150. The maximum atomic E-state index is 12.8. The van der Waals surface area contributed by atoms with Crippen LogP contribution in [0.15, 0.2) is 60.7 Å². The fourth-order valence-corrected chi connectivity index (χ4v) is 9.01. The van der Waals surface area contributed by atoms with E-state index >= 15 is 0 Å². The first-order chi connectivity index (χ1) is 14.1. The molecule has 0 bridgehead atoms. The normalized spacial score (nSPS) is 22.1. The van der Waals surface area contributed by atoms with Crippen LogP contribution in [-0.2, 0) is 18.7 Å². The van der Waals surface area contributed by atoms with Gasteiger partial charge < -0.3 is 13.9 Å². The third kappa shape index (κ3) is 4.17. The number of hydrogen-bond donors (Lipinski definition) is 0. The van der Waals surface area contributed by atoms with Gasteiger partial charge in [-0.05, 0) is 29.3 Å². The summed E-state index contributed by atoms with van der Waals surface area (Å²) in [5, 5.41) is 2.32. The number of benzene rings is 2. The largest absolute Gasteiger partial charge is 0.405 e. The molecule has 1 aliphatic heterocycles. The van der Waals surface area contributed by atoms with E-state index in [1.54, 1.807) is 7.11 Å². The summed E-state index contributed by atoms with van der Waals surface area (Å²) >= 11 is 0. The molecule has 2 aromatic rings. The van der Waals surface area contributed by atoms with Gasteiger partial charge in [0.1, 0.15) is 5.78 Å². The third-order valence-electron chi connectivity index (χ3n) is 6.15. The Hall–Kier alpha value is -1.79. The molecule has 0 saturated carbocycles. The second-order valence-electron chi connectivity index (χ2n) is 9.65. The van der Waals surface area contributed by atoms with E-state index in [-0.39, 0.29) is 16.9 Å². The van der Waals surface area contributed by atoms with Crippen LogP contribution in [0.4, 0.5) is 0 Å². The number of Topliss-reactive ketones (excluding diaryl/α,β-unsaturated/α-hetero) is 1. The standard InChI is InChI=1S/C25H34O4Si/c1-24(2,3)30(20-13-9-7-10-14-20,21-15-11-8-12-16-21)28-18-19-17-22(26)25(4,5)23(27-6)29-19/h7-16,19,23H,17-18H2,1-6H3/t19-,23-/m0/s1. The summed E-state index contributed by atoms with van der Waals surface area (Å²) in [5.41, 5.74) is -0.650. The van der Waals surface area contributed by atoms with Crippen molar-refractivity contribution in [3.63, 3.8) is 0 Å². The molecule has 0 aliphatic carbocycles. The van der Waals surface area contributed by atoms with Crippen molar-refractivity contribution in [2.24, 2.45) is 5.41 Å². The fraction of sp³-hybridized carbons (Fsp3) is 0.480. The SMILES string of the molecule is CO[C@H]1O[C@H](CO[Si](c2ccccc2)(c2ccccc2)C(C)(C)C)CC(=O)C1(C)C. The number of ketones is 1. The lowest BCUT2D eigenvalue weighted by Crippen LogP contribution is -2.67. The fourth-order valence-electron chi connectivity index (χ4n) is 4.42. The van der Waals surface area contributed by atoms with Gasteiger partial charge in [-0.3, -0.25) is 4.79 Å². The lowest BCUT2D eigenvalue weighted by Gasteiger charge is -2.45. The van der Waals surface area contributed by atoms with Crippen molar-refractivity contribution < 1.29 is 18.7 Å². The van der Waals surface area contributed by atoms with E-state index in [2.05, 4.69) is 69.3 Å². The number of carbonyl (C=O) groups is 1. The summed E-state index contributed by atoms with van der Waals surface area (Å²) in [6, 6.07) is 21.0. The van der Waals surface area contributed by atoms with Gasteiger partial charge in [0.25, 0.3) is 8.32 Å². The van der Waals surface area contributed by atoms with Gasteiger partial charge in [-0.1, -0.05) is 81.4 Å². The zero-order valence-corrected chi connectivity index (χ0v) is 20.0. The molecule has 1 fully saturated rings. The van der Waals surface area contributed by atoms with Crippen molar-refractivity contribution >= 4 is 24.5 Å². The van der Waals surface area contributed by atoms with E-state index in [0.29, 0.717) is 13.0 Å². The Labute approximate surface area is 181 Å². The molecular weight excluding hydrogens is 392 g/mol. The van der Waals surface area contributed by atoms with Gasteiger partial charge in [0.2, 0.25) is 0 Å². The van der Waals surface area contributed by atoms with Crippen LogP contribution in [0.25, 0.3) is 0 Å². The molecule has 0 spiro atoms. The smallest absolute Gasteiger partial charge is 0.261 e. The monoisotopic (exact) mass is 426 g/mol.